The first-order chi connectivity index (χ1) is 17.5. The Morgan fingerprint density at radius 2 is 1.81 bits per heavy atom. The number of nitrogens with zero attached hydrogens (tertiary/aromatic N) is 3. The quantitative estimate of drug-likeness (QED) is 0.259. The van der Waals surface area contributed by atoms with E-state index in [9.17, 15) is 4.79 Å². The molecule has 1 aliphatic rings. The highest BCUT2D eigenvalue weighted by Gasteiger charge is 2.34. The molecule has 1 amide bonds. The predicted molar refractivity (Wildman–Crippen MR) is 146 cm³/mol. The van der Waals surface area contributed by atoms with E-state index in [2.05, 4.69) is 38.7 Å². The van der Waals surface area contributed by atoms with Gasteiger partial charge < -0.3 is 15.4 Å². The highest BCUT2D eigenvalue weighted by atomic mass is 79.9. The second kappa shape index (κ2) is 10.6. The topological polar surface area (TPSA) is 81.1 Å². The number of fused-ring (bicyclic) bond motifs is 1. The number of anilines is 2. The molecule has 1 unspecified atom stereocenters. The molecule has 5 rings (SSSR count). The third-order valence-electron chi connectivity index (χ3n) is 5.83. The molecule has 7 nitrogen and oxygen atoms in total. The molecule has 3 aromatic carbocycles. The van der Waals surface area contributed by atoms with Gasteiger partial charge in [0.2, 0.25) is 11.1 Å². The van der Waals surface area contributed by atoms with Gasteiger partial charge in [0, 0.05) is 15.9 Å². The Morgan fingerprint density at radius 1 is 1.08 bits per heavy atom. The lowest BCUT2D eigenvalue weighted by Gasteiger charge is -2.28. The summed E-state index contributed by atoms with van der Waals surface area (Å²) >= 11 is 5.07. The third kappa shape index (κ3) is 5.03. The summed E-state index contributed by atoms with van der Waals surface area (Å²) in [6, 6.07) is 25.0. The SMILES string of the molecule is COc1ccccc1NC(=O)C1=C(C)Nc2nc(SCc3ccccc3)nn2C1c1ccc(Br)cc1. The monoisotopic (exact) mass is 561 g/mol. The van der Waals surface area contributed by atoms with E-state index in [0.29, 0.717) is 28.1 Å². The van der Waals surface area contributed by atoms with Crippen molar-refractivity contribution in [2.24, 2.45) is 0 Å². The number of hydrogen-bond acceptors (Lipinski definition) is 6. The van der Waals surface area contributed by atoms with E-state index in [1.165, 1.54) is 5.56 Å². The molecule has 0 radical (unpaired) electrons. The van der Waals surface area contributed by atoms with E-state index < -0.39 is 6.04 Å². The molecule has 2 heterocycles. The maximum absolute atomic E-state index is 13.7. The van der Waals surface area contributed by atoms with Crippen LogP contribution in [-0.2, 0) is 10.5 Å². The van der Waals surface area contributed by atoms with Crippen LogP contribution in [0.3, 0.4) is 0 Å². The molecule has 0 spiro atoms. The standard InChI is InChI=1S/C27H24BrN5O2S/c1-17-23(25(34)30-21-10-6-7-11-22(21)35-2)24(19-12-14-20(28)15-13-19)33-26(29-17)31-27(32-33)36-16-18-8-4-3-5-9-18/h3-15,24H,16H2,1-2H3,(H,30,34)(H,29,31,32). The Hall–Kier alpha value is -3.56. The molecular weight excluding hydrogens is 538 g/mol. The summed E-state index contributed by atoms with van der Waals surface area (Å²) in [7, 11) is 1.58. The van der Waals surface area contributed by atoms with Gasteiger partial charge in [-0.2, -0.15) is 4.98 Å². The largest absolute Gasteiger partial charge is 0.495 e. The van der Waals surface area contributed by atoms with Gasteiger partial charge in [-0.1, -0.05) is 82.3 Å². The maximum atomic E-state index is 13.7. The number of para-hydroxylation sites is 2. The minimum Gasteiger partial charge on any atom is -0.495 e. The molecule has 36 heavy (non-hydrogen) atoms. The predicted octanol–water partition coefficient (Wildman–Crippen LogP) is 6.27. The van der Waals surface area contributed by atoms with E-state index >= 15 is 0 Å². The lowest BCUT2D eigenvalue weighted by Crippen LogP contribution is -2.31. The number of aromatic nitrogens is 3. The molecule has 0 fully saturated rings. The Morgan fingerprint density at radius 3 is 2.56 bits per heavy atom. The first kappa shape index (κ1) is 24.1. The van der Waals surface area contributed by atoms with Crippen molar-refractivity contribution in [2.75, 3.05) is 17.7 Å². The fraction of sp³-hybridized carbons (Fsp3) is 0.148. The van der Waals surface area contributed by atoms with Crippen LogP contribution in [0.1, 0.15) is 24.1 Å². The highest BCUT2D eigenvalue weighted by Crippen LogP contribution is 2.38. The number of benzene rings is 3. The summed E-state index contributed by atoms with van der Waals surface area (Å²) in [4.78, 5) is 18.4. The Bertz CT molecular complexity index is 1420. The molecule has 0 saturated heterocycles. The summed E-state index contributed by atoms with van der Waals surface area (Å²) < 4.78 is 8.18. The summed E-state index contributed by atoms with van der Waals surface area (Å²) in [5.74, 6) is 1.71. The van der Waals surface area contributed by atoms with Crippen molar-refractivity contribution in [2.45, 2.75) is 23.9 Å². The van der Waals surface area contributed by atoms with Gasteiger partial charge in [0.05, 0.1) is 18.4 Å². The summed E-state index contributed by atoms with van der Waals surface area (Å²) in [6.07, 6.45) is 0. The number of carbonyl (C=O) groups is 1. The second-order valence-corrected chi connectivity index (χ2v) is 10.1. The van der Waals surface area contributed by atoms with Gasteiger partial charge in [0.15, 0.2) is 0 Å². The zero-order valence-corrected chi connectivity index (χ0v) is 22.1. The van der Waals surface area contributed by atoms with Gasteiger partial charge >= 0.3 is 0 Å². The molecule has 9 heteroatoms. The average molecular weight is 562 g/mol. The van der Waals surface area contributed by atoms with Crippen molar-refractivity contribution < 1.29 is 9.53 Å². The van der Waals surface area contributed by atoms with Crippen molar-refractivity contribution in [1.29, 1.82) is 0 Å². The van der Waals surface area contributed by atoms with Crippen LogP contribution in [0, 0.1) is 0 Å². The molecule has 1 atom stereocenters. The van der Waals surface area contributed by atoms with E-state index in [0.717, 1.165) is 21.5 Å². The fourth-order valence-electron chi connectivity index (χ4n) is 4.10. The minimum atomic E-state index is -0.456. The van der Waals surface area contributed by atoms with Crippen LogP contribution < -0.4 is 15.4 Å². The van der Waals surface area contributed by atoms with Crippen LogP contribution >= 0.6 is 27.7 Å². The van der Waals surface area contributed by atoms with Crippen LogP contribution in [0.25, 0.3) is 0 Å². The van der Waals surface area contributed by atoms with Crippen molar-refractivity contribution in [1.82, 2.24) is 14.8 Å². The van der Waals surface area contributed by atoms with E-state index in [1.807, 2.05) is 73.7 Å². The van der Waals surface area contributed by atoms with E-state index in [-0.39, 0.29) is 5.91 Å². The normalized spacial score (nSPS) is 14.7. The van der Waals surface area contributed by atoms with E-state index in [4.69, 9.17) is 14.8 Å². The number of amides is 1. The van der Waals surface area contributed by atoms with Crippen molar-refractivity contribution in [3.8, 4) is 5.75 Å². The lowest BCUT2D eigenvalue weighted by molar-refractivity contribution is -0.113. The van der Waals surface area contributed by atoms with Gasteiger partial charge in [-0.25, -0.2) is 4.68 Å². The first-order valence-electron chi connectivity index (χ1n) is 11.3. The molecule has 182 valence electrons. The Kier molecular flexibility index (Phi) is 7.11. The van der Waals surface area contributed by atoms with Crippen molar-refractivity contribution in [3.63, 3.8) is 0 Å². The summed E-state index contributed by atoms with van der Waals surface area (Å²) in [6.45, 7) is 1.89. The van der Waals surface area contributed by atoms with Gasteiger partial charge in [0.25, 0.3) is 5.91 Å². The molecule has 2 N–H and O–H groups in total. The van der Waals surface area contributed by atoms with Gasteiger partial charge in [0.1, 0.15) is 11.8 Å². The van der Waals surface area contributed by atoms with Crippen LogP contribution in [0.2, 0.25) is 0 Å². The summed E-state index contributed by atoms with van der Waals surface area (Å²) in [5.41, 5.74) is 3.99. The smallest absolute Gasteiger partial charge is 0.255 e. The van der Waals surface area contributed by atoms with Crippen LogP contribution in [0.15, 0.2) is 99.8 Å². The minimum absolute atomic E-state index is 0.239. The molecule has 1 aliphatic heterocycles. The van der Waals surface area contributed by atoms with Crippen LogP contribution in [0.5, 0.6) is 5.75 Å². The number of rotatable bonds is 7. The highest BCUT2D eigenvalue weighted by molar-refractivity contribution is 9.10. The zero-order chi connectivity index (χ0) is 25.1. The number of hydrogen-bond donors (Lipinski definition) is 2. The number of ether oxygens (including phenoxy) is 1. The Labute approximate surface area is 222 Å². The third-order valence-corrected chi connectivity index (χ3v) is 7.27. The molecule has 4 aromatic rings. The van der Waals surface area contributed by atoms with Crippen LogP contribution in [-0.4, -0.2) is 27.8 Å². The number of thioether (sulfide) groups is 1. The molecular formula is C27H24BrN5O2S. The average Bonchev–Trinajstić information content (AvgIpc) is 3.30. The molecule has 0 aliphatic carbocycles. The molecule has 0 saturated carbocycles. The zero-order valence-electron chi connectivity index (χ0n) is 19.7. The first-order valence-corrected chi connectivity index (χ1v) is 13.1. The van der Waals surface area contributed by atoms with Crippen molar-refractivity contribution in [3.05, 3.63) is 106 Å². The van der Waals surface area contributed by atoms with Crippen LogP contribution in [0.4, 0.5) is 11.6 Å². The van der Waals surface area contributed by atoms with Gasteiger partial charge in [-0.3, -0.25) is 4.79 Å². The van der Waals surface area contributed by atoms with Crippen molar-refractivity contribution >= 4 is 45.2 Å². The lowest BCUT2D eigenvalue weighted by atomic mass is 9.95. The number of carbonyl (C=O) groups excluding carboxylic acids is 1. The number of allylic oxidation sites excluding steroid dienone is 1. The second-order valence-electron chi connectivity index (χ2n) is 8.21. The number of nitrogens with one attached hydrogen (secondary N) is 2. The van der Waals surface area contributed by atoms with Gasteiger partial charge in [-0.05, 0) is 42.3 Å². The van der Waals surface area contributed by atoms with Gasteiger partial charge in [-0.15, -0.1) is 5.10 Å². The van der Waals surface area contributed by atoms with E-state index in [1.54, 1.807) is 23.6 Å². The maximum Gasteiger partial charge on any atom is 0.255 e. The molecule has 0 bridgehead atoms. The number of halogens is 1. The fourth-order valence-corrected chi connectivity index (χ4v) is 5.15. The summed E-state index contributed by atoms with van der Waals surface area (Å²) in [5, 5.41) is 11.8. The molecule has 1 aromatic heterocycles. The Balaban J connectivity index is 1.50. The number of methoxy groups -OCH3 is 1.